The van der Waals surface area contributed by atoms with Crippen LogP contribution in [0.2, 0.25) is 0 Å². The first-order valence-electron chi connectivity index (χ1n) is 4.98. The van der Waals surface area contributed by atoms with E-state index in [4.69, 9.17) is 5.11 Å². The van der Waals surface area contributed by atoms with Crippen molar-refractivity contribution < 1.29 is 14.7 Å². The lowest BCUT2D eigenvalue weighted by atomic mass is 10.1. The normalized spacial score (nSPS) is 10.2. The molecular formula is C12H10N2O3. The van der Waals surface area contributed by atoms with Crippen molar-refractivity contribution in [1.29, 1.82) is 0 Å². The fourth-order valence-corrected chi connectivity index (χ4v) is 1.64. The van der Waals surface area contributed by atoms with Crippen LogP contribution in [0.1, 0.15) is 17.3 Å². The van der Waals surface area contributed by atoms with E-state index in [1.807, 2.05) is 0 Å². The van der Waals surface area contributed by atoms with E-state index in [1.165, 1.54) is 13.0 Å². The van der Waals surface area contributed by atoms with Crippen LogP contribution in [0.3, 0.4) is 0 Å². The van der Waals surface area contributed by atoms with Crippen molar-refractivity contribution in [3.05, 3.63) is 35.9 Å². The smallest absolute Gasteiger partial charge is 0.410 e. The molecule has 5 heteroatoms. The van der Waals surface area contributed by atoms with Crippen LogP contribution in [0.5, 0.6) is 0 Å². The third-order valence-corrected chi connectivity index (χ3v) is 2.33. The Hall–Kier alpha value is -2.43. The van der Waals surface area contributed by atoms with Gasteiger partial charge in [-0.1, -0.05) is 18.2 Å². The number of carbonyl (C=O) groups excluding carboxylic acids is 1. The second-order valence-corrected chi connectivity index (χ2v) is 3.56. The molecule has 1 heterocycles. The van der Waals surface area contributed by atoms with E-state index in [0.717, 1.165) is 5.39 Å². The molecule has 2 N–H and O–H groups in total. The highest BCUT2D eigenvalue weighted by atomic mass is 16.4. The lowest BCUT2D eigenvalue weighted by molar-refractivity contribution is 0.101. The van der Waals surface area contributed by atoms with Crippen LogP contribution in [0.15, 0.2) is 30.3 Å². The highest BCUT2D eigenvalue weighted by Gasteiger charge is 2.10. The summed E-state index contributed by atoms with van der Waals surface area (Å²) in [6.07, 6.45) is -1.21. The van der Waals surface area contributed by atoms with Gasteiger partial charge in [0, 0.05) is 10.9 Å². The molecule has 1 amide bonds. The van der Waals surface area contributed by atoms with Gasteiger partial charge in [-0.3, -0.25) is 10.1 Å². The molecule has 0 aliphatic rings. The summed E-state index contributed by atoms with van der Waals surface area (Å²) < 4.78 is 0. The number of hydrogen-bond donors (Lipinski definition) is 2. The average Bonchev–Trinajstić information content (AvgIpc) is 2.27. The van der Waals surface area contributed by atoms with Gasteiger partial charge in [0.1, 0.15) is 5.82 Å². The third-order valence-electron chi connectivity index (χ3n) is 2.33. The quantitative estimate of drug-likeness (QED) is 0.777. The number of carboxylic acid groups (broad SMARTS) is 1. The van der Waals surface area contributed by atoms with Gasteiger partial charge in [0.25, 0.3) is 0 Å². The number of nitrogens with one attached hydrogen (secondary N) is 1. The highest BCUT2D eigenvalue weighted by molar-refractivity contribution is 6.07. The molecule has 0 fully saturated rings. The van der Waals surface area contributed by atoms with Crippen LogP contribution in [-0.2, 0) is 0 Å². The summed E-state index contributed by atoms with van der Waals surface area (Å²) in [5, 5.41) is 11.5. The number of para-hydroxylation sites is 1. The third kappa shape index (κ3) is 2.23. The number of benzene rings is 1. The van der Waals surface area contributed by atoms with Crippen molar-refractivity contribution in [3.63, 3.8) is 0 Å². The molecule has 86 valence electrons. The predicted molar refractivity (Wildman–Crippen MR) is 63.4 cm³/mol. The molecule has 0 unspecified atom stereocenters. The molecule has 5 nitrogen and oxygen atoms in total. The number of carbonyl (C=O) groups is 2. The molecule has 0 aliphatic carbocycles. The fourth-order valence-electron chi connectivity index (χ4n) is 1.64. The average molecular weight is 230 g/mol. The minimum Gasteiger partial charge on any atom is -0.465 e. The molecule has 1 aromatic heterocycles. The largest absolute Gasteiger partial charge is 0.465 e. The first-order chi connectivity index (χ1) is 8.08. The maximum Gasteiger partial charge on any atom is 0.410 e. The summed E-state index contributed by atoms with van der Waals surface area (Å²) in [4.78, 5) is 26.2. The SMILES string of the molecule is CC(=O)c1cc(NC(=O)O)nc2ccccc12. The summed E-state index contributed by atoms with van der Waals surface area (Å²) >= 11 is 0. The van der Waals surface area contributed by atoms with Gasteiger partial charge >= 0.3 is 6.09 Å². The van der Waals surface area contributed by atoms with Crippen LogP contribution in [0.4, 0.5) is 10.6 Å². The highest BCUT2D eigenvalue weighted by Crippen LogP contribution is 2.21. The van der Waals surface area contributed by atoms with Crippen molar-refractivity contribution in [1.82, 2.24) is 4.98 Å². The van der Waals surface area contributed by atoms with Crippen molar-refractivity contribution in [2.24, 2.45) is 0 Å². The Morgan fingerprint density at radius 3 is 2.65 bits per heavy atom. The number of pyridine rings is 1. The van der Waals surface area contributed by atoms with Gasteiger partial charge in [-0.2, -0.15) is 0 Å². The zero-order chi connectivity index (χ0) is 12.4. The number of ketones is 1. The van der Waals surface area contributed by atoms with E-state index in [0.29, 0.717) is 11.1 Å². The number of nitrogens with zero attached hydrogens (tertiary/aromatic N) is 1. The van der Waals surface area contributed by atoms with Gasteiger partial charge in [-0.05, 0) is 19.1 Å². The number of aromatic nitrogens is 1. The molecule has 17 heavy (non-hydrogen) atoms. The van der Waals surface area contributed by atoms with E-state index in [9.17, 15) is 9.59 Å². The van der Waals surface area contributed by atoms with Gasteiger partial charge in [0.2, 0.25) is 0 Å². The molecule has 0 atom stereocenters. The summed E-state index contributed by atoms with van der Waals surface area (Å²) in [5.74, 6) is 0.0263. The van der Waals surface area contributed by atoms with Crippen LogP contribution in [-0.4, -0.2) is 22.0 Å². The predicted octanol–water partition coefficient (Wildman–Crippen LogP) is 2.53. The zero-order valence-corrected chi connectivity index (χ0v) is 9.10. The Morgan fingerprint density at radius 2 is 2.00 bits per heavy atom. The second kappa shape index (κ2) is 4.21. The molecule has 1 aromatic carbocycles. The maximum atomic E-state index is 11.5. The fraction of sp³-hybridized carbons (Fsp3) is 0.0833. The monoisotopic (exact) mass is 230 g/mol. The molecule has 0 saturated carbocycles. The van der Waals surface area contributed by atoms with Crippen LogP contribution in [0.25, 0.3) is 10.9 Å². The van der Waals surface area contributed by atoms with Crippen LogP contribution in [0, 0.1) is 0 Å². The number of Topliss-reactive ketones (excluding diaryl/α,β-unsaturated/α-hetero) is 1. The van der Waals surface area contributed by atoms with E-state index < -0.39 is 6.09 Å². The minimum atomic E-state index is -1.21. The molecular weight excluding hydrogens is 220 g/mol. The zero-order valence-electron chi connectivity index (χ0n) is 9.10. The van der Waals surface area contributed by atoms with Crippen molar-refractivity contribution in [3.8, 4) is 0 Å². The van der Waals surface area contributed by atoms with Gasteiger partial charge in [0.05, 0.1) is 5.52 Å². The summed E-state index contributed by atoms with van der Waals surface area (Å²) in [6.45, 7) is 1.44. The summed E-state index contributed by atoms with van der Waals surface area (Å²) in [6, 6.07) is 8.54. The summed E-state index contributed by atoms with van der Waals surface area (Å²) in [7, 11) is 0. The molecule has 0 aliphatic heterocycles. The molecule has 0 bridgehead atoms. The molecule has 2 aromatic rings. The van der Waals surface area contributed by atoms with Crippen LogP contribution >= 0.6 is 0 Å². The van der Waals surface area contributed by atoms with Gasteiger partial charge in [-0.15, -0.1) is 0 Å². The van der Waals surface area contributed by atoms with Gasteiger partial charge in [-0.25, -0.2) is 9.78 Å². The topological polar surface area (TPSA) is 79.3 Å². The van der Waals surface area contributed by atoms with Crippen molar-refractivity contribution in [2.75, 3.05) is 5.32 Å². The number of fused-ring (bicyclic) bond motifs is 1. The second-order valence-electron chi connectivity index (χ2n) is 3.56. The first kappa shape index (κ1) is 11.1. The Morgan fingerprint density at radius 1 is 1.29 bits per heavy atom. The Kier molecular flexibility index (Phi) is 2.74. The van der Waals surface area contributed by atoms with E-state index in [1.54, 1.807) is 24.3 Å². The number of rotatable bonds is 2. The molecule has 0 saturated heterocycles. The van der Waals surface area contributed by atoms with E-state index >= 15 is 0 Å². The standard InChI is InChI=1S/C12H10N2O3/c1-7(15)9-6-11(14-12(16)17)13-10-5-3-2-4-8(9)10/h2-6H,1H3,(H,13,14)(H,16,17). The van der Waals surface area contributed by atoms with E-state index in [-0.39, 0.29) is 11.6 Å². The maximum absolute atomic E-state index is 11.5. The van der Waals surface area contributed by atoms with Gasteiger partial charge in [0.15, 0.2) is 5.78 Å². The van der Waals surface area contributed by atoms with Crippen LogP contribution < -0.4 is 5.32 Å². The number of anilines is 1. The number of hydrogen-bond acceptors (Lipinski definition) is 3. The molecule has 0 spiro atoms. The van der Waals surface area contributed by atoms with E-state index in [2.05, 4.69) is 10.3 Å². The Balaban J connectivity index is 2.67. The van der Waals surface area contributed by atoms with Gasteiger partial charge < -0.3 is 5.11 Å². The lowest BCUT2D eigenvalue weighted by Crippen LogP contribution is -2.10. The lowest BCUT2D eigenvalue weighted by Gasteiger charge is -2.06. The molecule has 0 radical (unpaired) electrons. The Labute approximate surface area is 97.1 Å². The minimum absolute atomic E-state index is 0.128. The van der Waals surface area contributed by atoms with Crippen molar-refractivity contribution >= 4 is 28.6 Å². The Bertz CT molecular complexity index is 608. The number of amides is 1. The first-order valence-corrected chi connectivity index (χ1v) is 4.98. The summed E-state index contributed by atoms with van der Waals surface area (Å²) in [5.41, 5.74) is 1.04. The van der Waals surface area contributed by atoms with Crippen molar-refractivity contribution in [2.45, 2.75) is 6.92 Å². The molecule has 2 rings (SSSR count).